The molecule has 1 saturated heterocycles. The zero-order chi connectivity index (χ0) is 13.7. The third-order valence-corrected chi connectivity index (χ3v) is 3.85. The van der Waals surface area contributed by atoms with Crippen LogP contribution in [-0.4, -0.2) is 30.7 Å². The molecule has 1 aliphatic rings. The molecule has 0 radical (unpaired) electrons. The number of hydrogen-bond donors (Lipinski definition) is 2. The van der Waals surface area contributed by atoms with Crippen molar-refractivity contribution in [3.8, 4) is 0 Å². The Morgan fingerprint density at radius 3 is 3.05 bits per heavy atom. The molecule has 1 atom stereocenters. The maximum absolute atomic E-state index is 13.4. The van der Waals surface area contributed by atoms with Crippen molar-refractivity contribution in [2.75, 3.05) is 18.7 Å². The third kappa shape index (κ3) is 4.63. The molecule has 0 spiro atoms. The van der Waals surface area contributed by atoms with Gasteiger partial charge in [0.25, 0.3) is 0 Å². The lowest BCUT2D eigenvalue weighted by atomic mass is 10.1. The number of ether oxygens (including phenoxy) is 1. The second-order valence-corrected chi connectivity index (χ2v) is 5.38. The molecule has 4 nitrogen and oxygen atoms in total. The van der Waals surface area contributed by atoms with Gasteiger partial charge in [-0.25, -0.2) is 4.39 Å². The summed E-state index contributed by atoms with van der Waals surface area (Å²) in [6.07, 6.45) is 0. The van der Waals surface area contributed by atoms with Crippen molar-refractivity contribution in [2.45, 2.75) is 19.2 Å². The van der Waals surface area contributed by atoms with Gasteiger partial charge in [0.1, 0.15) is 5.82 Å². The smallest absolute Gasteiger partial charge is 0.238 e. The molecular weight excluding hydrogens is 303 g/mol. The van der Waals surface area contributed by atoms with E-state index in [1.807, 2.05) is 0 Å². The molecular formula is C13H18ClFN2O2S. The van der Waals surface area contributed by atoms with Gasteiger partial charge in [0.2, 0.25) is 5.91 Å². The molecule has 1 amide bonds. The fourth-order valence-corrected chi connectivity index (χ4v) is 2.82. The van der Waals surface area contributed by atoms with E-state index in [2.05, 4.69) is 10.6 Å². The fraction of sp³-hybridized carbons (Fsp3) is 0.462. The highest BCUT2D eigenvalue weighted by molar-refractivity contribution is 7.99. The predicted octanol–water partition coefficient (Wildman–Crippen LogP) is 1.67. The van der Waals surface area contributed by atoms with Crippen molar-refractivity contribution in [1.82, 2.24) is 10.6 Å². The van der Waals surface area contributed by atoms with Gasteiger partial charge in [-0.1, -0.05) is 6.07 Å². The van der Waals surface area contributed by atoms with Gasteiger partial charge in [-0.2, -0.15) is 0 Å². The van der Waals surface area contributed by atoms with Crippen LogP contribution >= 0.6 is 24.2 Å². The van der Waals surface area contributed by atoms with E-state index >= 15 is 0 Å². The van der Waals surface area contributed by atoms with Crippen molar-refractivity contribution in [1.29, 1.82) is 0 Å². The van der Waals surface area contributed by atoms with Crippen molar-refractivity contribution >= 4 is 30.1 Å². The van der Waals surface area contributed by atoms with Gasteiger partial charge in [-0.3, -0.25) is 10.1 Å². The molecule has 0 bridgehead atoms. The van der Waals surface area contributed by atoms with Crippen LogP contribution < -0.4 is 10.6 Å². The summed E-state index contributed by atoms with van der Waals surface area (Å²) in [6.45, 7) is 0.632. The van der Waals surface area contributed by atoms with Crippen molar-refractivity contribution in [3.63, 3.8) is 0 Å². The highest BCUT2D eigenvalue weighted by atomic mass is 35.5. The fourth-order valence-electron chi connectivity index (χ4n) is 1.88. The van der Waals surface area contributed by atoms with Gasteiger partial charge in [-0.05, 0) is 17.7 Å². The number of nitrogens with one attached hydrogen (secondary N) is 2. The van der Waals surface area contributed by atoms with Crippen LogP contribution in [0.1, 0.15) is 11.1 Å². The first-order valence-electron chi connectivity index (χ1n) is 6.06. The SMILES string of the molecule is COCc1cc(CNC(=O)C2CSCN2)ccc1F.Cl. The minimum Gasteiger partial charge on any atom is -0.380 e. The first-order chi connectivity index (χ1) is 9.20. The molecule has 0 aromatic heterocycles. The molecule has 7 heteroatoms. The Morgan fingerprint density at radius 2 is 2.40 bits per heavy atom. The maximum atomic E-state index is 13.4. The van der Waals surface area contributed by atoms with Crippen molar-refractivity contribution in [2.24, 2.45) is 0 Å². The van der Waals surface area contributed by atoms with Crippen LogP contribution in [0.5, 0.6) is 0 Å². The summed E-state index contributed by atoms with van der Waals surface area (Å²) in [6, 6.07) is 4.67. The van der Waals surface area contributed by atoms with E-state index in [1.54, 1.807) is 23.9 Å². The number of hydrogen-bond acceptors (Lipinski definition) is 4. The standard InChI is InChI=1S/C13H17FN2O2S.ClH/c1-18-6-10-4-9(2-3-11(10)14)5-15-13(17)12-7-19-8-16-12;/h2-4,12,16H,5-8H2,1H3,(H,15,17);1H. The molecule has 0 aliphatic carbocycles. The van der Waals surface area contributed by atoms with E-state index < -0.39 is 0 Å². The Labute approximate surface area is 128 Å². The second kappa shape index (κ2) is 8.46. The number of carbonyl (C=O) groups is 1. The lowest BCUT2D eigenvalue weighted by molar-refractivity contribution is -0.122. The normalized spacial score (nSPS) is 17.6. The molecule has 1 unspecified atom stereocenters. The summed E-state index contributed by atoms with van der Waals surface area (Å²) >= 11 is 1.71. The van der Waals surface area contributed by atoms with Gasteiger partial charge in [0.15, 0.2) is 0 Å². The molecule has 112 valence electrons. The molecule has 1 fully saturated rings. The van der Waals surface area contributed by atoms with Gasteiger partial charge >= 0.3 is 0 Å². The molecule has 1 aliphatic heterocycles. The van der Waals surface area contributed by atoms with Crippen LogP contribution in [-0.2, 0) is 22.7 Å². The lowest BCUT2D eigenvalue weighted by Gasteiger charge is -2.11. The van der Waals surface area contributed by atoms with Crippen LogP contribution in [0.4, 0.5) is 4.39 Å². The Balaban J connectivity index is 0.00000200. The topological polar surface area (TPSA) is 50.4 Å². The summed E-state index contributed by atoms with van der Waals surface area (Å²) in [5, 5.41) is 5.96. The quantitative estimate of drug-likeness (QED) is 0.866. The van der Waals surface area contributed by atoms with Crippen LogP contribution in [0.15, 0.2) is 18.2 Å². The first-order valence-corrected chi connectivity index (χ1v) is 7.21. The molecule has 1 aromatic rings. The Morgan fingerprint density at radius 1 is 1.60 bits per heavy atom. The number of amides is 1. The number of carbonyl (C=O) groups excluding carboxylic acids is 1. The minimum absolute atomic E-state index is 0. The summed E-state index contributed by atoms with van der Waals surface area (Å²) in [5.41, 5.74) is 1.37. The monoisotopic (exact) mass is 320 g/mol. The average molecular weight is 321 g/mol. The van der Waals surface area contributed by atoms with Gasteiger partial charge in [-0.15, -0.1) is 24.2 Å². The Kier molecular flexibility index (Phi) is 7.29. The molecule has 1 aromatic carbocycles. The zero-order valence-electron chi connectivity index (χ0n) is 11.1. The summed E-state index contributed by atoms with van der Waals surface area (Å²) in [5.74, 6) is 1.31. The van der Waals surface area contributed by atoms with Crippen molar-refractivity contribution in [3.05, 3.63) is 35.1 Å². The van der Waals surface area contributed by atoms with E-state index in [0.717, 1.165) is 17.2 Å². The third-order valence-electron chi connectivity index (χ3n) is 2.91. The summed E-state index contributed by atoms with van der Waals surface area (Å²) in [7, 11) is 1.53. The number of thioether (sulfide) groups is 1. The van der Waals surface area contributed by atoms with Crippen LogP contribution in [0.25, 0.3) is 0 Å². The number of benzene rings is 1. The Hall–Kier alpha value is -0.820. The van der Waals surface area contributed by atoms with E-state index in [4.69, 9.17) is 4.74 Å². The van der Waals surface area contributed by atoms with Crippen LogP contribution in [0, 0.1) is 5.82 Å². The molecule has 2 rings (SSSR count). The second-order valence-electron chi connectivity index (χ2n) is 4.35. The summed E-state index contributed by atoms with van der Waals surface area (Å²) < 4.78 is 18.4. The van der Waals surface area contributed by atoms with Crippen LogP contribution in [0.3, 0.4) is 0 Å². The van der Waals surface area contributed by atoms with Gasteiger partial charge < -0.3 is 10.1 Å². The summed E-state index contributed by atoms with van der Waals surface area (Å²) in [4.78, 5) is 11.8. The molecule has 0 saturated carbocycles. The first kappa shape index (κ1) is 17.2. The lowest BCUT2D eigenvalue weighted by Crippen LogP contribution is -2.41. The molecule has 2 N–H and O–H groups in total. The van der Waals surface area contributed by atoms with E-state index in [-0.39, 0.29) is 36.8 Å². The van der Waals surface area contributed by atoms with E-state index in [9.17, 15) is 9.18 Å². The maximum Gasteiger partial charge on any atom is 0.238 e. The number of halogens is 2. The predicted molar refractivity (Wildman–Crippen MR) is 80.5 cm³/mol. The van der Waals surface area contributed by atoms with Crippen molar-refractivity contribution < 1.29 is 13.9 Å². The largest absolute Gasteiger partial charge is 0.380 e. The number of rotatable bonds is 5. The average Bonchev–Trinajstić information content (AvgIpc) is 2.93. The van der Waals surface area contributed by atoms with Gasteiger partial charge in [0, 0.05) is 30.8 Å². The Bertz CT molecular complexity index is 456. The highest BCUT2D eigenvalue weighted by Crippen LogP contribution is 2.12. The highest BCUT2D eigenvalue weighted by Gasteiger charge is 2.21. The minimum atomic E-state index is -0.286. The van der Waals surface area contributed by atoms with Crippen LogP contribution in [0.2, 0.25) is 0 Å². The van der Waals surface area contributed by atoms with Gasteiger partial charge in [0.05, 0.1) is 12.6 Å². The molecule has 1 heterocycles. The number of methoxy groups -OCH3 is 1. The zero-order valence-corrected chi connectivity index (χ0v) is 12.8. The van der Waals surface area contributed by atoms with E-state index in [0.29, 0.717) is 12.1 Å². The molecule has 20 heavy (non-hydrogen) atoms. The van der Waals surface area contributed by atoms with E-state index in [1.165, 1.54) is 13.2 Å².